The minimum Gasteiger partial charge on any atom is -0.443 e. The van der Waals surface area contributed by atoms with E-state index in [0.29, 0.717) is 0 Å². The van der Waals surface area contributed by atoms with E-state index in [4.69, 9.17) is 21.5 Å². The Morgan fingerprint density at radius 2 is 1.85 bits per heavy atom. The molecule has 3 rings (SSSR count). The molecule has 1 aliphatic heterocycles. The molecule has 1 aromatic carbocycles. The van der Waals surface area contributed by atoms with Crippen molar-refractivity contribution in [3.8, 4) is 6.07 Å². The first-order chi connectivity index (χ1) is 15.6. The summed E-state index contributed by atoms with van der Waals surface area (Å²) < 4.78 is 60.2. The van der Waals surface area contributed by atoms with E-state index in [0.717, 1.165) is 6.07 Å². The Morgan fingerprint density at radius 1 is 1.18 bits per heavy atom. The lowest BCUT2D eigenvalue weighted by molar-refractivity contribution is -0.137. The molecule has 33 heavy (non-hydrogen) atoms. The van der Waals surface area contributed by atoms with Crippen molar-refractivity contribution in [2.24, 2.45) is 16.5 Å². The highest BCUT2D eigenvalue weighted by atomic mass is 19.4. The van der Waals surface area contributed by atoms with Gasteiger partial charge in [0.25, 0.3) is 0 Å². The van der Waals surface area contributed by atoms with E-state index in [1.807, 2.05) is 0 Å². The van der Waals surface area contributed by atoms with Crippen LogP contribution in [0.4, 0.5) is 33.9 Å². The van der Waals surface area contributed by atoms with Gasteiger partial charge in [-0.3, -0.25) is 0 Å². The van der Waals surface area contributed by atoms with E-state index < -0.39 is 36.2 Å². The van der Waals surface area contributed by atoms with Gasteiger partial charge in [-0.15, -0.1) is 4.99 Å². The first-order valence-corrected chi connectivity index (χ1v) is 9.61. The van der Waals surface area contributed by atoms with Gasteiger partial charge in [0.1, 0.15) is 6.61 Å². The molecular weight excluding hydrogens is 446 g/mol. The number of hydrogen-bond donors (Lipinski definition) is 2. The lowest BCUT2D eigenvalue weighted by Crippen LogP contribution is -2.47. The topological polar surface area (TPSA) is 134 Å². The summed E-state index contributed by atoms with van der Waals surface area (Å²) in [7, 11) is 0. The number of carbonyl (C=O) groups is 1. The highest BCUT2D eigenvalue weighted by molar-refractivity contribution is 5.87. The summed E-state index contributed by atoms with van der Waals surface area (Å²) in [5.74, 6) is -1.23. The standard InChI is InChI=1S/C20H19F4N7O2/c21-16-13(11-33-19(32)29-18(26)27)3-4-28-17(16)31-7-5-30(6-8-31)15-2-1-12(10-25)9-14(15)20(22,23)24/h1-4,9H,5-8,11H2,(H4,26,27,29,32). The Hall–Kier alpha value is -4.08. The summed E-state index contributed by atoms with van der Waals surface area (Å²) in [5.41, 5.74) is 9.14. The van der Waals surface area contributed by atoms with E-state index in [-0.39, 0.29) is 48.8 Å². The predicted molar refractivity (Wildman–Crippen MR) is 111 cm³/mol. The van der Waals surface area contributed by atoms with Crippen molar-refractivity contribution in [1.82, 2.24) is 4.98 Å². The Labute approximate surface area is 185 Å². The quantitative estimate of drug-likeness (QED) is 0.399. The number of alkyl halides is 3. The zero-order valence-electron chi connectivity index (χ0n) is 17.1. The van der Waals surface area contributed by atoms with Crippen molar-refractivity contribution in [2.45, 2.75) is 12.8 Å². The largest absolute Gasteiger partial charge is 0.443 e. The fraction of sp³-hybridized carbons (Fsp3) is 0.300. The first kappa shape index (κ1) is 23.6. The van der Waals surface area contributed by atoms with Crippen molar-refractivity contribution < 1.29 is 27.1 Å². The molecule has 2 aromatic rings. The van der Waals surface area contributed by atoms with Crippen molar-refractivity contribution in [1.29, 1.82) is 5.26 Å². The van der Waals surface area contributed by atoms with Crippen molar-refractivity contribution >= 4 is 23.6 Å². The molecule has 0 bridgehead atoms. The SMILES string of the molecule is N#Cc1ccc(N2CCN(c3nccc(COC(=O)N=C(N)N)c3F)CC2)c(C(F)(F)F)c1. The summed E-state index contributed by atoms with van der Waals surface area (Å²) in [4.78, 5) is 21.7. The summed E-state index contributed by atoms with van der Waals surface area (Å²) in [6.45, 7) is 0.285. The lowest BCUT2D eigenvalue weighted by atomic mass is 10.1. The normalized spacial score (nSPS) is 13.9. The number of pyridine rings is 1. The number of nitrogens with zero attached hydrogens (tertiary/aromatic N) is 5. The Bertz CT molecular complexity index is 1100. The molecular formula is C20H19F4N7O2. The smallest absolute Gasteiger partial charge is 0.437 e. The summed E-state index contributed by atoms with van der Waals surface area (Å²) >= 11 is 0. The van der Waals surface area contributed by atoms with Crippen LogP contribution in [0.15, 0.2) is 35.5 Å². The van der Waals surface area contributed by atoms with Gasteiger partial charge in [-0.2, -0.15) is 18.4 Å². The van der Waals surface area contributed by atoms with Gasteiger partial charge in [0.15, 0.2) is 17.6 Å². The van der Waals surface area contributed by atoms with Gasteiger partial charge in [0, 0.05) is 43.6 Å². The number of nitriles is 1. The third-order valence-corrected chi connectivity index (χ3v) is 4.87. The fourth-order valence-electron chi connectivity index (χ4n) is 3.35. The van der Waals surface area contributed by atoms with Crippen LogP contribution in [0.2, 0.25) is 0 Å². The number of anilines is 2. The molecule has 174 valence electrons. The minimum absolute atomic E-state index is 0.0130. The molecule has 0 atom stereocenters. The third kappa shape index (κ3) is 5.59. The number of rotatable bonds is 4. The number of carbonyl (C=O) groups excluding carboxylic acids is 1. The molecule has 9 nitrogen and oxygen atoms in total. The number of piperazine rings is 1. The predicted octanol–water partition coefficient (Wildman–Crippen LogP) is 2.35. The number of hydrogen-bond acceptors (Lipinski definition) is 6. The average Bonchev–Trinajstić information content (AvgIpc) is 2.77. The minimum atomic E-state index is -4.63. The average molecular weight is 465 g/mol. The van der Waals surface area contributed by atoms with Crippen LogP contribution in [0, 0.1) is 17.1 Å². The number of ether oxygens (including phenoxy) is 1. The van der Waals surface area contributed by atoms with Crippen LogP contribution in [0.25, 0.3) is 0 Å². The fourth-order valence-corrected chi connectivity index (χ4v) is 3.35. The molecule has 0 spiro atoms. The molecule has 1 amide bonds. The van der Waals surface area contributed by atoms with Crippen LogP contribution in [-0.2, 0) is 17.5 Å². The van der Waals surface area contributed by atoms with Crippen LogP contribution in [-0.4, -0.2) is 43.2 Å². The number of guanidine groups is 1. The maximum absolute atomic E-state index is 14.9. The molecule has 0 radical (unpaired) electrons. The summed E-state index contributed by atoms with van der Waals surface area (Å²) in [6.07, 6.45) is -4.38. The monoisotopic (exact) mass is 465 g/mol. The number of amides is 1. The Kier molecular flexibility index (Phi) is 6.86. The van der Waals surface area contributed by atoms with Gasteiger partial charge in [-0.1, -0.05) is 0 Å². The Morgan fingerprint density at radius 3 is 2.45 bits per heavy atom. The third-order valence-electron chi connectivity index (χ3n) is 4.87. The van der Waals surface area contributed by atoms with Crippen molar-refractivity contribution in [3.63, 3.8) is 0 Å². The van der Waals surface area contributed by atoms with E-state index in [1.54, 1.807) is 11.0 Å². The molecule has 1 aliphatic rings. The van der Waals surface area contributed by atoms with Crippen LogP contribution in [0.3, 0.4) is 0 Å². The molecule has 4 N–H and O–H groups in total. The van der Waals surface area contributed by atoms with Gasteiger partial charge in [0.05, 0.1) is 17.2 Å². The second-order valence-corrected chi connectivity index (χ2v) is 7.01. The van der Waals surface area contributed by atoms with Crippen LogP contribution >= 0.6 is 0 Å². The number of aromatic nitrogens is 1. The molecule has 2 heterocycles. The summed E-state index contributed by atoms with van der Waals surface area (Å²) in [5, 5.41) is 8.92. The van der Waals surface area contributed by atoms with E-state index in [9.17, 15) is 22.4 Å². The van der Waals surface area contributed by atoms with Crippen molar-refractivity contribution in [3.05, 3.63) is 53.0 Å². The molecule has 1 fully saturated rings. The maximum atomic E-state index is 14.9. The van der Waals surface area contributed by atoms with Gasteiger partial charge in [-0.05, 0) is 24.3 Å². The molecule has 13 heteroatoms. The maximum Gasteiger partial charge on any atom is 0.437 e. The zero-order valence-corrected chi connectivity index (χ0v) is 17.1. The number of benzene rings is 1. The van der Waals surface area contributed by atoms with Gasteiger partial charge >= 0.3 is 12.3 Å². The number of nitrogens with two attached hydrogens (primary N) is 2. The Balaban J connectivity index is 1.73. The second-order valence-electron chi connectivity index (χ2n) is 7.01. The molecule has 0 aliphatic carbocycles. The number of halogens is 4. The van der Waals surface area contributed by atoms with Gasteiger partial charge in [-0.25, -0.2) is 14.2 Å². The van der Waals surface area contributed by atoms with Gasteiger partial charge in [0.2, 0.25) is 0 Å². The lowest BCUT2D eigenvalue weighted by Gasteiger charge is -2.38. The van der Waals surface area contributed by atoms with Crippen LogP contribution < -0.4 is 21.3 Å². The molecule has 1 aromatic heterocycles. The molecule has 1 saturated heterocycles. The zero-order chi connectivity index (χ0) is 24.2. The summed E-state index contributed by atoms with van der Waals surface area (Å²) in [6, 6.07) is 6.44. The highest BCUT2D eigenvalue weighted by Gasteiger charge is 2.36. The van der Waals surface area contributed by atoms with E-state index in [1.165, 1.54) is 29.3 Å². The van der Waals surface area contributed by atoms with Crippen LogP contribution in [0.1, 0.15) is 16.7 Å². The number of aliphatic imine (C=N–C) groups is 1. The van der Waals surface area contributed by atoms with Gasteiger partial charge < -0.3 is 26.0 Å². The van der Waals surface area contributed by atoms with Crippen LogP contribution in [0.5, 0.6) is 0 Å². The van der Waals surface area contributed by atoms with E-state index in [2.05, 4.69) is 9.98 Å². The molecule has 0 saturated carbocycles. The highest BCUT2D eigenvalue weighted by Crippen LogP contribution is 2.37. The molecule has 0 unspecified atom stereocenters. The second kappa shape index (κ2) is 9.60. The first-order valence-electron chi connectivity index (χ1n) is 9.61. The van der Waals surface area contributed by atoms with Crippen molar-refractivity contribution in [2.75, 3.05) is 36.0 Å². The van der Waals surface area contributed by atoms with E-state index >= 15 is 0 Å².